The standard InChI is InChI=1S/C18H18BrN3O3S/c1-18(2)10-15(14-9-11(19)3-8-16(14)25-18)21-17(26)20-12-4-6-13(7-5-12)22(23)24/h3-9,15H,10H2,1-2H3,(H2,20,21,26)/t15-/m1/s1. The molecule has 0 bridgehead atoms. The van der Waals surface area contributed by atoms with Crippen LogP contribution in [0.15, 0.2) is 46.9 Å². The smallest absolute Gasteiger partial charge is 0.269 e. The largest absolute Gasteiger partial charge is 0.487 e. The van der Waals surface area contributed by atoms with E-state index in [1.54, 1.807) is 12.1 Å². The maximum Gasteiger partial charge on any atom is 0.269 e. The first kappa shape index (κ1) is 18.6. The van der Waals surface area contributed by atoms with Crippen LogP contribution in [0.1, 0.15) is 31.9 Å². The van der Waals surface area contributed by atoms with Crippen molar-refractivity contribution < 1.29 is 9.66 Å². The maximum atomic E-state index is 10.7. The van der Waals surface area contributed by atoms with Crippen LogP contribution in [0.4, 0.5) is 11.4 Å². The van der Waals surface area contributed by atoms with Gasteiger partial charge >= 0.3 is 0 Å². The van der Waals surface area contributed by atoms with Crippen molar-refractivity contribution in [1.29, 1.82) is 0 Å². The van der Waals surface area contributed by atoms with Crippen molar-refractivity contribution in [2.45, 2.75) is 31.9 Å². The number of hydrogen-bond donors (Lipinski definition) is 2. The summed E-state index contributed by atoms with van der Waals surface area (Å²) in [6.07, 6.45) is 0.749. The van der Waals surface area contributed by atoms with E-state index in [0.717, 1.165) is 22.2 Å². The average Bonchev–Trinajstić information content (AvgIpc) is 2.55. The Bertz CT molecular complexity index is 855. The van der Waals surface area contributed by atoms with Crippen molar-refractivity contribution in [1.82, 2.24) is 5.32 Å². The molecular weight excluding hydrogens is 418 g/mol. The third-order valence-electron chi connectivity index (χ3n) is 4.07. The van der Waals surface area contributed by atoms with Gasteiger partial charge in [0.1, 0.15) is 11.4 Å². The van der Waals surface area contributed by atoms with Gasteiger partial charge < -0.3 is 15.4 Å². The van der Waals surface area contributed by atoms with Crippen LogP contribution in [-0.2, 0) is 0 Å². The maximum absolute atomic E-state index is 10.7. The van der Waals surface area contributed by atoms with Gasteiger partial charge in [0.2, 0.25) is 0 Å². The molecule has 1 aliphatic heterocycles. The fraction of sp³-hybridized carbons (Fsp3) is 0.278. The van der Waals surface area contributed by atoms with Crippen LogP contribution in [0.5, 0.6) is 5.75 Å². The van der Waals surface area contributed by atoms with Crippen LogP contribution in [0.25, 0.3) is 0 Å². The molecule has 26 heavy (non-hydrogen) atoms. The molecule has 1 heterocycles. The monoisotopic (exact) mass is 435 g/mol. The zero-order valence-electron chi connectivity index (χ0n) is 14.3. The van der Waals surface area contributed by atoms with Gasteiger partial charge in [0.25, 0.3) is 5.69 Å². The summed E-state index contributed by atoms with van der Waals surface area (Å²) in [5.41, 5.74) is 1.45. The fourth-order valence-corrected chi connectivity index (χ4v) is 3.59. The van der Waals surface area contributed by atoms with Crippen molar-refractivity contribution >= 4 is 44.6 Å². The molecule has 0 spiro atoms. The molecule has 3 rings (SSSR count). The molecule has 0 radical (unpaired) electrons. The van der Waals surface area contributed by atoms with E-state index in [-0.39, 0.29) is 17.3 Å². The number of fused-ring (bicyclic) bond motifs is 1. The number of nitrogens with one attached hydrogen (secondary N) is 2. The highest BCUT2D eigenvalue weighted by molar-refractivity contribution is 9.10. The number of nitrogens with zero attached hydrogens (tertiary/aromatic N) is 1. The molecular formula is C18H18BrN3O3S. The highest BCUT2D eigenvalue weighted by Crippen LogP contribution is 2.40. The molecule has 0 saturated carbocycles. The summed E-state index contributed by atoms with van der Waals surface area (Å²) in [5.74, 6) is 0.833. The zero-order valence-corrected chi connectivity index (χ0v) is 16.7. The Kier molecular flexibility index (Phi) is 5.15. The number of thiocarbonyl (C=S) groups is 1. The predicted molar refractivity (Wildman–Crippen MR) is 109 cm³/mol. The quantitative estimate of drug-likeness (QED) is 0.403. The number of nitro benzene ring substituents is 1. The van der Waals surface area contributed by atoms with Crippen LogP contribution in [0, 0.1) is 10.1 Å². The van der Waals surface area contributed by atoms with Crippen molar-refractivity contribution in [2.24, 2.45) is 0 Å². The number of halogens is 1. The van der Waals surface area contributed by atoms with Crippen molar-refractivity contribution in [3.8, 4) is 5.75 Å². The van der Waals surface area contributed by atoms with E-state index in [1.165, 1.54) is 12.1 Å². The molecule has 136 valence electrons. The molecule has 0 aliphatic carbocycles. The molecule has 8 heteroatoms. The first-order chi connectivity index (χ1) is 12.2. The lowest BCUT2D eigenvalue weighted by molar-refractivity contribution is -0.384. The summed E-state index contributed by atoms with van der Waals surface area (Å²) >= 11 is 8.93. The Hall–Kier alpha value is -2.19. The van der Waals surface area contributed by atoms with Gasteiger partial charge in [-0.2, -0.15) is 0 Å². The van der Waals surface area contributed by atoms with Gasteiger partial charge in [-0.3, -0.25) is 10.1 Å². The number of ether oxygens (including phenoxy) is 1. The number of nitro groups is 1. The summed E-state index contributed by atoms with van der Waals surface area (Å²) in [7, 11) is 0. The molecule has 0 aromatic heterocycles. The van der Waals surface area contributed by atoms with E-state index >= 15 is 0 Å². The molecule has 2 aromatic carbocycles. The molecule has 0 unspecified atom stereocenters. The van der Waals surface area contributed by atoms with Crippen molar-refractivity contribution in [2.75, 3.05) is 5.32 Å². The SMILES string of the molecule is CC1(C)C[C@@H](NC(=S)Nc2ccc([N+](=O)[O-])cc2)c2cc(Br)ccc2O1. The first-order valence-corrected chi connectivity index (χ1v) is 9.24. The second-order valence-electron chi connectivity index (χ2n) is 6.70. The van der Waals surface area contributed by atoms with E-state index in [0.29, 0.717) is 10.8 Å². The highest BCUT2D eigenvalue weighted by Gasteiger charge is 2.34. The van der Waals surface area contributed by atoms with Gasteiger partial charge in [0.15, 0.2) is 5.11 Å². The summed E-state index contributed by atoms with van der Waals surface area (Å²) < 4.78 is 7.02. The number of anilines is 1. The summed E-state index contributed by atoms with van der Waals surface area (Å²) in [4.78, 5) is 10.3. The minimum Gasteiger partial charge on any atom is -0.487 e. The third-order valence-corrected chi connectivity index (χ3v) is 4.78. The topological polar surface area (TPSA) is 76.4 Å². The van der Waals surface area contributed by atoms with Gasteiger partial charge in [-0.1, -0.05) is 15.9 Å². The summed E-state index contributed by atoms with van der Waals surface area (Å²) in [6, 6.07) is 12.0. The van der Waals surface area contributed by atoms with E-state index in [2.05, 4.69) is 26.6 Å². The molecule has 2 N–H and O–H groups in total. The summed E-state index contributed by atoms with van der Waals surface area (Å²) in [6.45, 7) is 4.08. The summed E-state index contributed by atoms with van der Waals surface area (Å²) in [5, 5.41) is 17.6. The predicted octanol–water partition coefficient (Wildman–Crippen LogP) is 4.95. The normalized spacial score (nSPS) is 17.6. The van der Waals surface area contributed by atoms with Crippen molar-refractivity contribution in [3.05, 3.63) is 62.6 Å². The number of rotatable bonds is 3. The molecule has 0 amide bonds. The molecule has 6 nitrogen and oxygen atoms in total. The van der Waals surface area contributed by atoms with E-state index < -0.39 is 4.92 Å². The second-order valence-corrected chi connectivity index (χ2v) is 8.03. The number of non-ortho nitro benzene ring substituents is 1. The van der Waals surface area contributed by atoms with E-state index in [4.69, 9.17) is 17.0 Å². The Morgan fingerprint density at radius 3 is 2.65 bits per heavy atom. The van der Waals surface area contributed by atoms with Crippen LogP contribution in [0.3, 0.4) is 0 Å². The number of hydrogen-bond acceptors (Lipinski definition) is 4. The molecule has 2 aromatic rings. The van der Waals surface area contributed by atoms with Gasteiger partial charge in [-0.15, -0.1) is 0 Å². The van der Waals surface area contributed by atoms with Gasteiger partial charge in [-0.25, -0.2) is 0 Å². The van der Waals surface area contributed by atoms with Gasteiger partial charge in [-0.05, 0) is 56.4 Å². The molecule has 0 saturated heterocycles. The molecule has 1 atom stereocenters. The van der Waals surface area contributed by atoms with Crippen LogP contribution in [-0.4, -0.2) is 15.6 Å². The van der Waals surface area contributed by atoms with Crippen molar-refractivity contribution in [3.63, 3.8) is 0 Å². The Balaban J connectivity index is 1.74. The minimum absolute atomic E-state index is 0.00991. The Morgan fingerprint density at radius 2 is 2.00 bits per heavy atom. The lowest BCUT2D eigenvalue weighted by Gasteiger charge is -2.38. The third kappa shape index (κ3) is 4.31. The Labute approximate surface area is 165 Å². The fourth-order valence-electron chi connectivity index (χ4n) is 2.95. The van der Waals surface area contributed by atoms with Crippen LogP contribution in [0.2, 0.25) is 0 Å². The average molecular weight is 436 g/mol. The number of benzene rings is 2. The van der Waals surface area contributed by atoms with Crippen LogP contribution < -0.4 is 15.4 Å². The molecule has 1 aliphatic rings. The zero-order chi connectivity index (χ0) is 18.9. The van der Waals surface area contributed by atoms with Gasteiger partial charge in [0.05, 0.1) is 11.0 Å². The highest BCUT2D eigenvalue weighted by atomic mass is 79.9. The molecule has 0 fully saturated rings. The second kappa shape index (κ2) is 7.20. The lowest BCUT2D eigenvalue weighted by Crippen LogP contribution is -2.42. The Morgan fingerprint density at radius 1 is 1.31 bits per heavy atom. The minimum atomic E-state index is -0.431. The van der Waals surface area contributed by atoms with Gasteiger partial charge in [0, 0.05) is 34.3 Å². The lowest BCUT2D eigenvalue weighted by atomic mass is 9.90. The first-order valence-electron chi connectivity index (χ1n) is 8.04. The van der Waals surface area contributed by atoms with E-state index in [9.17, 15) is 10.1 Å². The van der Waals surface area contributed by atoms with Crippen LogP contribution >= 0.6 is 28.1 Å². The van der Waals surface area contributed by atoms with E-state index in [1.807, 2.05) is 32.0 Å².